The zero-order chi connectivity index (χ0) is 45.0. The van der Waals surface area contributed by atoms with Crippen molar-refractivity contribution < 1.29 is 27.0 Å². The van der Waals surface area contributed by atoms with Crippen molar-refractivity contribution in [1.82, 2.24) is 38.5 Å². The van der Waals surface area contributed by atoms with E-state index in [9.17, 15) is 13.8 Å². The largest absolute Gasteiger partial charge is 0.438 e. The van der Waals surface area contributed by atoms with Crippen molar-refractivity contribution in [3.63, 3.8) is 0 Å². The summed E-state index contributed by atoms with van der Waals surface area (Å²) in [6, 6.07) is 15.0. The van der Waals surface area contributed by atoms with Gasteiger partial charge in [-0.2, -0.15) is 5.10 Å². The van der Waals surface area contributed by atoms with Crippen LogP contribution in [0.2, 0.25) is 0 Å². The summed E-state index contributed by atoms with van der Waals surface area (Å²) in [5.41, 5.74) is 3.64. The molecule has 18 heteroatoms. The number of aromatic amines is 1. The second kappa shape index (κ2) is 15.1. The highest BCUT2D eigenvalue weighted by Gasteiger charge is 2.59. The monoisotopic (exact) mass is 891 g/mol. The van der Waals surface area contributed by atoms with Gasteiger partial charge in [-0.05, 0) is 117 Å². The number of H-pyrrole nitrogens is 1. The van der Waals surface area contributed by atoms with Crippen molar-refractivity contribution in [2.24, 2.45) is 5.92 Å². The van der Waals surface area contributed by atoms with E-state index in [2.05, 4.69) is 22.3 Å². The molecule has 2 N–H and O–H groups in total. The number of hydrogen-bond acceptors (Lipinski definition) is 9. The predicted molar refractivity (Wildman–Crippen MR) is 234 cm³/mol. The average Bonchev–Trinajstić information content (AvgIpc) is 3.74. The SMILES string of the molecule is Cc1cc(-n2nc3c(c2-n2ccn(-c4ccc(C[S@@](C)(=N)=O)cc4F)c2=O)[C@H](C)N(C(=O)c2cc4cc(C5CCOCC5)ccc4n2[C@@]2(c4noc(=O)[nH]4)C[C@@H]2C)CC3)cc(C)c1F. The minimum Gasteiger partial charge on any atom is -0.381 e. The van der Waals surface area contributed by atoms with Gasteiger partial charge in [-0.25, -0.2) is 27.3 Å². The van der Waals surface area contributed by atoms with Gasteiger partial charge in [0.05, 0.1) is 28.9 Å². The van der Waals surface area contributed by atoms with E-state index in [0.29, 0.717) is 82.9 Å². The number of carbonyl (C=O) groups excluding carboxylic acids is 1. The molecule has 4 aromatic heterocycles. The number of carbonyl (C=O) groups is 1. The molecule has 1 saturated heterocycles. The first-order chi connectivity index (χ1) is 30.5. The van der Waals surface area contributed by atoms with Crippen LogP contribution in [0.5, 0.6) is 0 Å². The van der Waals surface area contributed by atoms with Gasteiger partial charge >= 0.3 is 11.4 Å². The first-order valence-corrected chi connectivity index (χ1v) is 23.5. The molecular weight excluding hydrogens is 845 g/mol. The van der Waals surface area contributed by atoms with Crippen LogP contribution in [-0.4, -0.2) is 74.7 Å². The fourth-order valence-electron chi connectivity index (χ4n) is 10.1. The minimum absolute atomic E-state index is 0.00831. The van der Waals surface area contributed by atoms with Crippen LogP contribution in [0.4, 0.5) is 8.78 Å². The number of amides is 1. The van der Waals surface area contributed by atoms with E-state index in [4.69, 9.17) is 19.1 Å². The Morgan fingerprint density at radius 2 is 1.72 bits per heavy atom. The highest BCUT2D eigenvalue weighted by molar-refractivity contribution is 7.90. The van der Waals surface area contributed by atoms with E-state index in [1.165, 1.54) is 35.3 Å². The molecular formula is C46H47F2N9O6S. The molecule has 2 aliphatic heterocycles. The van der Waals surface area contributed by atoms with Crippen molar-refractivity contribution in [3.05, 3.63) is 145 Å². The van der Waals surface area contributed by atoms with Crippen LogP contribution in [-0.2, 0) is 32.2 Å². The number of halogens is 2. The highest BCUT2D eigenvalue weighted by atomic mass is 32.2. The number of ether oxygens (including phenoxy) is 1. The number of benzene rings is 3. The Bertz CT molecular complexity index is 3260. The lowest BCUT2D eigenvalue weighted by molar-refractivity contribution is 0.0663. The molecule has 1 amide bonds. The average molecular weight is 892 g/mol. The van der Waals surface area contributed by atoms with Crippen molar-refractivity contribution in [1.29, 1.82) is 4.78 Å². The van der Waals surface area contributed by atoms with Crippen molar-refractivity contribution in [3.8, 4) is 17.2 Å². The minimum atomic E-state index is -2.95. The van der Waals surface area contributed by atoms with Gasteiger partial charge in [-0.15, -0.1) is 0 Å². The Morgan fingerprint density at radius 1 is 1.00 bits per heavy atom. The van der Waals surface area contributed by atoms with E-state index < -0.39 is 38.6 Å². The molecule has 10 rings (SSSR count). The molecule has 64 heavy (non-hydrogen) atoms. The molecule has 7 aromatic rings. The summed E-state index contributed by atoms with van der Waals surface area (Å²) in [5.74, 6) is -1.28. The van der Waals surface area contributed by atoms with Crippen LogP contribution >= 0.6 is 0 Å². The fourth-order valence-corrected chi connectivity index (χ4v) is 10.9. The summed E-state index contributed by atoms with van der Waals surface area (Å²) in [4.78, 5) is 46.9. The number of aryl methyl sites for hydroxylation is 2. The van der Waals surface area contributed by atoms with Gasteiger partial charge in [0.2, 0.25) is 0 Å². The molecule has 2 fully saturated rings. The molecule has 0 spiro atoms. The van der Waals surface area contributed by atoms with Gasteiger partial charge in [0.15, 0.2) is 5.82 Å². The van der Waals surface area contributed by atoms with Crippen molar-refractivity contribution in [2.45, 2.75) is 76.6 Å². The Balaban J connectivity index is 1.11. The van der Waals surface area contributed by atoms with Crippen LogP contribution < -0.4 is 11.4 Å². The van der Waals surface area contributed by atoms with E-state index in [1.54, 1.807) is 41.6 Å². The van der Waals surface area contributed by atoms with Crippen LogP contribution in [0.15, 0.2) is 81.1 Å². The quantitative estimate of drug-likeness (QED) is 0.156. The molecule has 0 unspecified atom stereocenters. The van der Waals surface area contributed by atoms with E-state index in [0.717, 1.165) is 33.9 Å². The molecule has 4 atom stereocenters. The van der Waals surface area contributed by atoms with Crippen molar-refractivity contribution >= 4 is 26.5 Å². The first kappa shape index (κ1) is 41.6. The summed E-state index contributed by atoms with van der Waals surface area (Å²) >= 11 is 0. The number of nitrogens with one attached hydrogen (secondary N) is 2. The lowest BCUT2D eigenvalue weighted by Crippen LogP contribution is -2.41. The molecule has 0 bridgehead atoms. The first-order valence-electron chi connectivity index (χ1n) is 21.3. The van der Waals surface area contributed by atoms with E-state index in [-0.39, 0.29) is 35.6 Å². The van der Waals surface area contributed by atoms with Crippen molar-refractivity contribution in [2.75, 3.05) is 26.0 Å². The molecule has 0 radical (unpaired) electrons. The third kappa shape index (κ3) is 6.76. The Kier molecular flexibility index (Phi) is 9.82. The van der Waals surface area contributed by atoms with E-state index >= 15 is 13.6 Å². The van der Waals surface area contributed by atoms with Crippen LogP contribution in [0, 0.1) is 36.2 Å². The van der Waals surface area contributed by atoms with Gasteiger partial charge in [-0.3, -0.25) is 28.2 Å². The van der Waals surface area contributed by atoms with E-state index in [1.807, 2.05) is 30.5 Å². The lowest BCUT2D eigenvalue weighted by atomic mass is 9.91. The summed E-state index contributed by atoms with van der Waals surface area (Å²) in [5, 5.41) is 10.0. The molecule has 15 nitrogen and oxygen atoms in total. The molecule has 3 aliphatic rings. The number of fused-ring (bicyclic) bond motifs is 2. The summed E-state index contributed by atoms with van der Waals surface area (Å²) in [6.07, 6.45) is 6.93. The maximum Gasteiger partial charge on any atom is 0.438 e. The Hall–Kier alpha value is -6.40. The predicted octanol–water partition coefficient (Wildman–Crippen LogP) is 6.95. The van der Waals surface area contributed by atoms with Crippen LogP contribution in [0.25, 0.3) is 28.1 Å². The van der Waals surface area contributed by atoms with Gasteiger partial charge in [0, 0.05) is 71.0 Å². The molecule has 1 saturated carbocycles. The zero-order valence-corrected chi connectivity index (χ0v) is 36.8. The molecule has 332 valence electrons. The number of rotatable bonds is 9. The van der Waals surface area contributed by atoms with Gasteiger partial charge in [-0.1, -0.05) is 24.2 Å². The van der Waals surface area contributed by atoms with Gasteiger partial charge < -0.3 is 14.2 Å². The summed E-state index contributed by atoms with van der Waals surface area (Å²) < 4.78 is 67.6. The standard InChI is InChI=1S/C46H47F2N9O6S/c1-25-18-33(19-26(2)40(25)48)57-41(55-15-14-54(45(55)60)37-8-6-29(20-34(37)47)24-64(5,49)61)39-28(4)53(13-10-35(39)51-57)42(58)38-22-32-21-31(30-11-16-62-17-12-30)7-9-36(32)56(38)46(23-27(46)3)43-50-44(59)63-52-43/h6-9,14-15,18-22,27-28,30,49H,10-13,16-17,23-24H2,1-5H3,(H,50,52,59)/t27-,28-,46-,64-/m0/s1. The highest BCUT2D eigenvalue weighted by Crippen LogP contribution is 2.56. The maximum absolute atomic E-state index is 15.7. The Morgan fingerprint density at radius 3 is 2.38 bits per heavy atom. The second-order valence-corrected chi connectivity index (χ2v) is 20.0. The van der Waals surface area contributed by atoms with Crippen LogP contribution in [0.3, 0.4) is 0 Å². The number of nitrogens with zero attached hydrogens (tertiary/aromatic N) is 7. The Labute approximate surface area is 366 Å². The topological polar surface area (TPSA) is 179 Å². The second-order valence-electron chi connectivity index (χ2n) is 17.7. The smallest absolute Gasteiger partial charge is 0.381 e. The number of hydrogen-bond donors (Lipinski definition) is 2. The fraction of sp³-hybridized carbons (Fsp3) is 0.370. The maximum atomic E-state index is 15.7. The van der Waals surface area contributed by atoms with Crippen LogP contribution in [0.1, 0.15) is 94.9 Å². The molecule has 3 aromatic carbocycles. The number of aromatic nitrogens is 7. The van der Waals surface area contributed by atoms with Gasteiger partial charge in [0.25, 0.3) is 5.91 Å². The third-order valence-corrected chi connectivity index (χ3v) is 14.2. The number of imidazole rings is 1. The molecule has 1 aliphatic carbocycles. The van der Waals surface area contributed by atoms with Gasteiger partial charge in [0.1, 0.15) is 28.7 Å². The normalized spacial score (nSPS) is 21.0. The summed E-state index contributed by atoms with van der Waals surface area (Å²) in [6.45, 7) is 8.87. The third-order valence-electron chi connectivity index (χ3n) is 13.4. The zero-order valence-electron chi connectivity index (χ0n) is 36.0. The summed E-state index contributed by atoms with van der Waals surface area (Å²) in [7, 11) is -2.95. The lowest BCUT2D eigenvalue weighted by Gasteiger charge is -2.34. The molecule has 6 heterocycles.